The third-order valence-electron chi connectivity index (χ3n) is 1.98. The van der Waals surface area contributed by atoms with Gasteiger partial charge in [-0.15, -0.1) is 0 Å². The number of rotatable bonds is 0. The lowest BCUT2D eigenvalue weighted by Gasteiger charge is -2.62. The quantitative estimate of drug-likeness (QED) is 0.573. The highest BCUT2D eigenvalue weighted by molar-refractivity contribution is 8.32. The highest BCUT2D eigenvalue weighted by atomic mass is 35.7. The van der Waals surface area contributed by atoms with Gasteiger partial charge in [-0.2, -0.15) is 8.88 Å². The number of hydrogen-bond donors (Lipinski definition) is 0. The molecule has 0 unspecified atom stereocenters. The molecule has 1 aliphatic heterocycles. The number of nitrogens with zero attached hydrogens (tertiary/aromatic N) is 2. The van der Waals surface area contributed by atoms with Gasteiger partial charge in [-0.05, 0) is 53.3 Å². The zero-order chi connectivity index (χ0) is 12.2. The molecule has 90 valence electrons. The Kier molecular flexibility index (Phi) is 3.96. The average molecular weight is 307 g/mol. The van der Waals surface area contributed by atoms with E-state index < -0.39 is 13.3 Å². The summed E-state index contributed by atoms with van der Waals surface area (Å²) in [7, 11) is -0.856. The molecule has 1 saturated heterocycles. The summed E-state index contributed by atoms with van der Waals surface area (Å²) in [5.41, 5.74) is -2.21. The molecule has 0 aromatic rings. The van der Waals surface area contributed by atoms with Crippen LogP contribution in [0.2, 0.25) is 0 Å². The standard InChI is InChI=1S/C8H18Cl2N2P2S/c1-7(2,3)11-13(9)12(8(4,5)6)14(11,10)15/h1-6H3. The Hall–Kier alpha value is 1.58. The maximum atomic E-state index is 6.51. The Bertz CT molecular complexity index is 285. The minimum atomic E-state index is -2.12. The monoisotopic (exact) mass is 306 g/mol. The summed E-state index contributed by atoms with van der Waals surface area (Å²) in [6, 6.07) is 0. The van der Waals surface area contributed by atoms with E-state index in [4.69, 9.17) is 34.3 Å². The summed E-state index contributed by atoms with van der Waals surface area (Å²) in [5, 5.41) is 0. The molecule has 0 saturated carbocycles. The Morgan fingerprint density at radius 2 is 1.27 bits per heavy atom. The topological polar surface area (TPSA) is 6.48 Å². The maximum absolute atomic E-state index is 6.51. The second kappa shape index (κ2) is 4.05. The number of halogens is 2. The fourth-order valence-corrected chi connectivity index (χ4v) is 15.9. The first-order chi connectivity index (χ1) is 6.40. The molecule has 0 spiro atoms. The lowest BCUT2D eigenvalue weighted by molar-refractivity contribution is 0.294. The van der Waals surface area contributed by atoms with E-state index in [0.29, 0.717) is 0 Å². The summed E-state index contributed by atoms with van der Waals surface area (Å²) >= 11 is 18.5. The minimum absolute atomic E-state index is 0.0491. The van der Waals surface area contributed by atoms with Crippen molar-refractivity contribution in [3.63, 3.8) is 0 Å². The van der Waals surface area contributed by atoms with Gasteiger partial charge in [0, 0.05) is 11.1 Å². The van der Waals surface area contributed by atoms with Crippen molar-refractivity contribution in [1.82, 2.24) is 8.88 Å². The molecule has 7 heteroatoms. The smallest absolute Gasteiger partial charge is 0.176 e. The summed E-state index contributed by atoms with van der Waals surface area (Å²) in [5.74, 6) is 0. The van der Waals surface area contributed by atoms with E-state index in [1.54, 1.807) is 0 Å². The first kappa shape index (κ1) is 14.6. The van der Waals surface area contributed by atoms with Crippen LogP contribution in [0.3, 0.4) is 0 Å². The molecule has 0 aliphatic carbocycles. The molecule has 1 heterocycles. The minimum Gasteiger partial charge on any atom is -0.198 e. The largest absolute Gasteiger partial charge is 0.198 e. The summed E-state index contributed by atoms with van der Waals surface area (Å²) in [6.45, 7) is 12.6. The zero-order valence-electron chi connectivity index (χ0n) is 9.95. The van der Waals surface area contributed by atoms with Crippen LogP contribution in [0.15, 0.2) is 0 Å². The first-order valence-electron chi connectivity index (χ1n) is 4.77. The van der Waals surface area contributed by atoms with Gasteiger partial charge in [0.2, 0.25) is 0 Å². The molecule has 2 nitrogen and oxygen atoms in total. The third-order valence-corrected chi connectivity index (χ3v) is 13.3. The maximum Gasteiger partial charge on any atom is 0.176 e. The van der Waals surface area contributed by atoms with Crippen molar-refractivity contribution in [2.45, 2.75) is 52.6 Å². The lowest BCUT2D eigenvalue weighted by atomic mass is 10.1. The van der Waals surface area contributed by atoms with Gasteiger partial charge in [0.25, 0.3) is 0 Å². The van der Waals surface area contributed by atoms with Gasteiger partial charge in [-0.1, -0.05) is 22.5 Å². The molecule has 0 aromatic heterocycles. The SMILES string of the molecule is CC(C)(C)N1P(Cl)N(C(C)(C)C)P1(=S)Cl. The van der Waals surface area contributed by atoms with Gasteiger partial charge >= 0.3 is 0 Å². The van der Waals surface area contributed by atoms with Crippen LogP contribution < -0.4 is 0 Å². The summed E-state index contributed by atoms with van der Waals surface area (Å²) < 4.78 is 4.22. The van der Waals surface area contributed by atoms with E-state index in [1.165, 1.54) is 0 Å². The van der Waals surface area contributed by atoms with Crippen molar-refractivity contribution in [2.75, 3.05) is 0 Å². The molecule has 0 N–H and O–H groups in total. The van der Waals surface area contributed by atoms with Crippen LogP contribution in [0, 0.1) is 0 Å². The highest BCUT2D eigenvalue weighted by Crippen LogP contribution is 2.89. The van der Waals surface area contributed by atoms with Crippen molar-refractivity contribution in [3.8, 4) is 0 Å². The van der Waals surface area contributed by atoms with Gasteiger partial charge in [-0.25, -0.2) is 0 Å². The van der Waals surface area contributed by atoms with E-state index >= 15 is 0 Å². The third kappa shape index (κ3) is 2.55. The molecule has 0 amide bonds. The Labute approximate surface area is 109 Å². The molecule has 0 atom stereocenters. The van der Waals surface area contributed by atoms with Crippen molar-refractivity contribution < 1.29 is 0 Å². The van der Waals surface area contributed by atoms with Gasteiger partial charge in [0.05, 0.1) is 0 Å². The molecule has 1 fully saturated rings. The Balaban J connectivity index is 3.02. The molecular formula is C8H18Cl2N2P2S. The average Bonchev–Trinajstić information content (AvgIpc) is 1.74. The number of hydrogen-bond acceptors (Lipinski definition) is 1. The molecule has 15 heavy (non-hydrogen) atoms. The van der Waals surface area contributed by atoms with Gasteiger partial charge in [-0.3, -0.25) is 0 Å². The van der Waals surface area contributed by atoms with Crippen LogP contribution in [0.5, 0.6) is 0 Å². The summed E-state index contributed by atoms with van der Waals surface area (Å²) in [4.78, 5) is 0. The van der Waals surface area contributed by atoms with Crippen molar-refractivity contribution in [2.24, 2.45) is 0 Å². The van der Waals surface area contributed by atoms with Crippen LogP contribution in [0.4, 0.5) is 0 Å². The van der Waals surface area contributed by atoms with Crippen LogP contribution in [0.25, 0.3) is 0 Å². The molecule has 1 rings (SSSR count). The fraction of sp³-hybridized carbons (Fsp3) is 1.00. The second-order valence-corrected chi connectivity index (χ2v) is 13.7. The molecular weight excluding hydrogens is 289 g/mol. The van der Waals surface area contributed by atoms with E-state index in [0.717, 1.165) is 0 Å². The van der Waals surface area contributed by atoms with E-state index in [-0.39, 0.29) is 11.1 Å². The van der Waals surface area contributed by atoms with Crippen LogP contribution in [0.1, 0.15) is 41.5 Å². The van der Waals surface area contributed by atoms with E-state index in [2.05, 4.69) is 50.4 Å². The lowest BCUT2D eigenvalue weighted by Crippen LogP contribution is -2.51. The van der Waals surface area contributed by atoms with Crippen molar-refractivity contribution >= 4 is 47.6 Å². The molecule has 0 bridgehead atoms. The van der Waals surface area contributed by atoms with Gasteiger partial charge in [0.15, 0.2) is 13.3 Å². The van der Waals surface area contributed by atoms with Crippen molar-refractivity contribution in [1.29, 1.82) is 0 Å². The fourth-order valence-electron chi connectivity index (χ4n) is 1.55. The highest BCUT2D eigenvalue weighted by Gasteiger charge is 2.59. The predicted molar refractivity (Wildman–Crippen MR) is 76.1 cm³/mol. The Morgan fingerprint density at radius 1 is 1.00 bits per heavy atom. The molecule has 1 aliphatic rings. The van der Waals surface area contributed by atoms with Gasteiger partial charge < -0.3 is 0 Å². The summed E-state index contributed by atoms with van der Waals surface area (Å²) in [6.07, 6.45) is 0. The van der Waals surface area contributed by atoms with E-state index in [1.807, 2.05) is 0 Å². The predicted octanol–water partition coefficient (Wildman–Crippen LogP) is 5.13. The molecule has 0 radical (unpaired) electrons. The van der Waals surface area contributed by atoms with Crippen molar-refractivity contribution in [3.05, 3.63) is 0 Å². The Morgan fingerprint density at radius 3 is 1.40 bits per heavy atom. The van der Waals surface area contributed by atoms with Gasteiger partial charge in [0.1, 0.15) is 0 Å². The van der Waals surface area contributed by atoms with Crippen LogP contribution >= 0.6 is 35.7 Å². The van der Waals surface area contributed by atoms with E-state index in [9.17, 15) is 0 Å². The molecule has 0 aromatic carbocycles. The van der Waals surface area contributed by atoms with Crippen LogP contribution in [-0.2, 0) is 11.8 Å². The zero-order valence-corrected chi connectivity index (χ0v) is 14.1. The van der Waals surface area contributed by atoms with Crippen LogP contribution in [-0.4, -0.2) is 20.0 Å². The first-order valence-corrected chi connectivity index (χ1v) is 10.5. The normalized spacial score (nSPS) is 35.3. The second-order valence-electron chi connectivity index (χ2n) is 5.63.